The lowest BCUT2D eigenvalue weighted by molar-refractivity contribution is -0.138. The Morgan fingerprint density at radius 2 is 1.68 bits per heavy atom. The Balaban J connectivity index is 1.85. The van der Waals surface area contributed by atoms with Gasteiger partial charge in [-0.25, -0.2) is 4.79 Å². The second-order valence-electron chi connectivity index (χ2n) is 8.61. The van der Waals surface area contributed by atoms with Crippen molar-refractivity contribution in [3.05, 3.63) is 71.5 Å². The van der Waals surface area contributed by atoms with E-state index in [1.54, 1.807) is 30.5 Å². The van der Waals surface area contributed by atoms with E-state index in [1.165, 1.54) is 13.0 Å². The van der Waals surface area contributed by atoms with Crippen molar-refractivity contribution in [1.82, 2.24) is 4.98 Å². The van der Waals surface area contributed by atoms with E-state index in [0.717, 1.165) is 22.9 Å². The molecule has 0 aliphatic rings. The minimum atomic E-state index is -4.84. The fraction of sp³-hybridized carbons (Fsp3) is 0.259. The Morgan fingerprint density at radius 1 is 1.00 bits per heavy atom. The Hall–Kier alpha value is -4.41. The lowest BCUT2D eigenvalue weighted by Gasteiger charge is -2.18. The molecule has 0 saturated carbocycles. The number of Topliss-reactive ketones (excluding diaryl/α,β-unsaturated/α-hetero) is 1. The van der Waals surface area contributed by atoms with Gasteiger partial charge >= 0.3 is 12.3 Å². The number of hydrogen-bond acceptors (Lipinski definition) is 5. The summed E-state index contributed by atoms with van der Waals surface area (Å²) in [6, 6.07) is 11.7. The third-order valence-electron chi connectivity index (χ3n) is 5.45. The fourth-order valence-corrected chi connectivity index (χ4v) is 3.66. The van der Waals surface area contributed by atoms with Gasteiger partial charge in [0.2, 0.25) is 5.91 Å². The molecule has 3 aromatic rings. The average molecular weight is 530 g/mol. The summed E-state index contributed by atoms with van der Waals surface area (Å²) in [6.07, 6.45) is -5.42. The number of ether oxygens (including phenoxy) is 1. The zero-order valence-corrected chi connectivity index (χ0v) is 20.8. The monoisotopic (exact) mass is 529 g/mol. The predicted octanol–water partition coefficient (Wildman–Crippen LogP) is 6.59. The number of rotatable bonds is 9. The van der Waals surface area contributed by atoms with E-state index >= 15 is 0 Å². The number of alkyl halides is 3. The van der Waals surface area contributed by atoms with Crippen molar-refractivity contribution in [3.8, 4) is 16.9 Å². The average Bonchev–Trinajstić information content (AvgIpc) is 2.84. The van der Waals surface area contributed by atoms with Crippen LogP contribution in [0.15, 0.2) is 54.7 Å². The predicted molar refractivity (Wildman–Crippen MR) is 136 cm³/mol. The highest BCUT2D eigenvalue weighted by molar-refractivity contribution is 6.12. The molecule has 0 atom stereocenters. The Morgan fingerprint density at radius 3 is 2.32 bits per heavy atom. The molecule has 200 valence electrons. The van der Waals surface area contributed by atoms with Gasteiger partial charge in [-0.1, -0.05) is 32.0 Å². The molecule has 38 heavy (non-hydrogen) atoms. The van der Waals surface area contributed by atoms with Crippen LogP contribution in [0.4, 0.5) is 29.3 Å². The number of nitrogens with one attached hydrogen (secondary N) is 2. The zero-order chi connectivity index (χ0) is 28.0. The smallest absolute Gasteiger partial charge is 0.420 e. The van der Waals surface area contributed by atoms with Gasteiger partial charge in [0.1, 0.15) is 5.75 Å². The van der Waals surface area contributed by atoms with Crippen LogP contribution in [0.3, 0.4) is 0 Å². The van der Waals surface area contributed by atoms with Crippen LogP contribution < -0.4 is 15.4 Å². The van der Waals surface area contributed by atoms with E-state index in [1.807, 2.05) is 25.2 Å². The molecule has 8 nitrogen and oxygen atoms in total. The third kappa shape index (κ3) is 7.09. The molecule has 2 aromatic carbocycles. The first-order valence-corrected chi connectivity index (χ1v) is 11.7. The summed E-state index contributed by atoms with van der Waals surface area (Å²) >= 11 is 0. The molecule has 0 radical (unpaired) electrons. The molecule has 0 bridgehead atoms. The fourth-order valence-electron chi connectivity index (χ4n) is 3.66. The SMILES string of the molecule is CCOc1cc(NC(=O)O)c(NC(=O)CC(=O)c2cccc(-c3ccnc(C(C)C)c3)c2)cc1C(F)(F)F. The molecule has 0 aliphatic heterocycles. The van der Waals surface area contributed by atoms with Crippen LogP contribution >= 0.6 is 0 Å². The molecule has 3 N–H and O–H groups in total. The number of ketones is 1. The van der Waals surface area contributed by atoms with Crippen molar-refractivity contribution in [2.24, 2.45) is 0 Å². The second kappa shape index (κ2) is 11.8. The van der Waals surface area contributed by atoms with Crippen LogP contribution in [0, 0.1) is 0 Å². The molecule has 0 fully saturated rings. The van der Waals surface area contributed by atoms with Crippen LogP contribution in [-0.2, 0) is 11.0 Å². The molecule has 11 heteroatoms. The van der Waals surface area contributed by atoms with E-state index in [9.17, 15) is 27.6 Å². The zero-order valence-electron chi connectivity index (χ0n) is 20.8. The lowest BCUT2D eigenvalue weighted by Crippen LogP contribution is -2.20. The van der Waals surface area contributed by atoms with Gasteiger partial charge in [0.25, 0.3) is 0 Å². The highest BCUT2D eigenvalue weighted by Gasteiger charge is 2.36. The van der Waals surface area contributed by atoms with Gasteiger partial charge in [0, 0.05) is 23.5 Å². The number of hydrogen-bond donors (Lipinski definition) is 3. The van der Waals surface area contributed by atoms with E-state index < -0.39 is 47.4 Å². The van der Waals surface area contributed by atoms with E-state index in [-0.39, 0.29) is 23.8 Å². The first-order chi connectivity index (χ1) is 17.9. The number of carbonyl (C=O) groups is 3. The molecular weight excluding hydrogens is 503 g/mol. The number of amides is 2. The van der Waals surface area contributed by atoms with Crippen LogP contribution in [-0.4, -0.2) is 34.5 Å². The van der Waals surface area contributed by atoms with Gasteiger partial charge < -0.3 is 15.2 Å². The Labute approximate surface area is 216 Å². The van der Waals surface area contributed by atoms with Crippen molar-refractivity contribution in [2.45, 2.75) is 39.3 Å². The van der Waals surface area contributed by atoms with Crippen molar-refractivity contribution in [3.63, 3.8) is 0 Å². The summed E-state index contributed by atoms with van der Waals surface area (Å²) in [7, 11) is 0. The highest BCUT2D eigenvalue weighted by Crippen LogP contribution is 2.41. The van der Waals surface area contributed by atoms with Crippen molar-refractivity contribution in [2.75, 3.05) is 17.2 Å². The Kier molecular flexibility index (Phi) is 8.72. The van der Waals surface area contributed by atoms with Crippen LogP contribution in [0.2, 0.25) is 0 Å². The van der Waals surface area contributed by atoms with Crippen molar-refractivity contribution in [1.29, 1.82) is 0 Å². The summed E-state index contributed by atoms with van der Waals surface area (Å²) in [5.74, 6) is -1.90. The number of aromatic nitrogens is 1. The number of nitrogens with zero attached hydrogens (tertiary/aromatic N) is 1. The first kappa shape index (κ1) is 28.2. The summed E-state index contributed by atoms with van der Waals surface area (Å²) < 4.78 is 45.7. The van der Waals surface area contributed by atoms with Gasteiger partial charge in [-0.2, -0.15) is 13.2 Å². The van der Waals surface area contributed by atoms with Gasteiger partial charge in [0.15, 0.2) is 5.78 Å². The van der Waals surface area contributed by atoms with E-state index in [2.05, 4.69) is 10.3 Å². The number of pyridine rings is 1. The quantitative estimate of drug-likeness (QED) is 0.213. The molecular formula is C27H26F3N3O5. The van der Waals surface area contributed by atoms with Gasteiger partial charge in [0.05, 0.1) is 30.0 Å². The summed E-state index contributed by atoms with van der Waals surface area (Å²) in [5, 5.41) is 13.3. The lowest BCUT2D eigenvalue weighted by atomic mass is 9.98. The minimum Gasteiger partial charge on any atom is -0.493 e. The number of carbonyl (C=O) groups excluding carboxylic acids is 2. The number of carboxylic acid groups (broad SMARTS) is 1. The highest BCUT2D eigenvalue weighted by atomic mass is 19.4. The largest absolute Gasteiger partial charge is 0.493 e. The number of anilines is 2. The first-order valence-electron chi connectivity index (χ1n) is 11.7. The molecule has 0 aliphatic carbocycles. The molecule has 3 rings (SSSR count). The maximum atomic E-state index is 13.6. The molecule has 0 spiro atoms. The van der Waals surface area contributed by atoms with Crippen LogP contribution in [0.25, 0.3) is 11.1 Å². The summed E-state index contributed by atoms with van der Waals surface area (Å²) in [6.45, 7) is 5.38. The minimum absolute atomic E-state index is 0.104. The van der Waals surface area contributed by atoms with Crippen LogP contribution in [0.1, 0.15) is 54.7 Å². The third-order valence-corrected chi connectivity index (χ3v) is 5.45. The summed E-state index contributed by atoms with van der Waals surface area (Å²) in [5.41, 5.74) is 0.659. The van der Waals surface area contributed by atoms with E-state index in [4.69, 9.17) is 9.84 Å². The molecule has 1 heterocycles. The molecule has 1 aromatic heterocycles. The second-order valence-corrected chi connectivity index (χ2v) is 8.61. The molecule has 0 unspecified atom stereocenters. The normalized spacial score (nSPS) is 11.2. The van der Waals surface area contributed by atoms with Gasteiger partial charge in [-0.3, -0.25) is 19.9 Å². The topological polar surface area (TPSA) is 118 Å². The van der Waals surface area contributed by atoms with Crippen LogP contribution in [0.5, 0.6) is 5.75 Å². The Bertz CT molecular complexity index is 1360. The van der Waals surface area contributed by atoms with Gasteiger partial charge in [-0.15, -0.1) is 0 Å². The van der Waals surface area contributed by atoms with E-state index in [0.29, 0.717) is 6.07 Å². The maximum absolute atomic E-state index is 13.6. The van der Waals surface area contributed by atoms with Crippen molar-refractivity contribution >= 4 is 29.2 Å². The molecule has 2 amide bonds. The standard InChI is InChI=1S/C27H26F3N3O5/c1-4-38-24-13-22(33-26(36)37)21(12-19(24)27(28,29)30)32-25(35)14-23(34)18-7-5-6-16(10-18)17-8-9-31-20(11-17)15(2)3/h5-13,15,33H,4,14H2,1-3H3,(H,32,35)(H,36,37). The number of halogens is 3. The summed E-state index contributed by atoms with van der Waals surface area (Å²) in [4.78, 5) is 41.0. The maximum Gasteiger partial charge on any atom is 0.420 e. The van der Waals surface area contributed by atoms with Crippen molar-refractivity contribution < 1.29 is 37.4 Å². The molecule has 0 saturated heterocycles. The number of benzene rings is 2. The van der Waals surface area contributed by atoms with Gasteiger partial charge in [-0.05, 0) is 48.2 Å².